The van der Waals surface area contributed by atoms with Crippen molar-refractivity contribution in [1.82, 2.24) is 0 Å². The summed E-state index contributed by atoms with van der Waals surface area (Å²) >= 11 is 0. The molecule has 1 aromatic rings. The molecule has 0 radical (unpaired) electrons. The van der Waals surface area contributed by atoms with Crippen molar-refractivity contribution in [2.24, 2.45) is 10.2 Å². The van der Waals surface area contributed by atoms with Gasteiger partial charge in [0.25, 0.3) is 0 Å². The maximum absolute atomic E-state index is 11.2. The van der Waals surface area contributed by atoms with Crippen LogP contribution in [0.2, 0.25) is 0 Å². The summed E-state index contributed by atoms with van der Waals surface area (Å²) in [6.45, 7) is 0. The zero-order chi connectivity index (χ0) is 14.2. The van der Waals surface area contributed by atoms with Gasteiger partial charge >= 0.3 is 0 Å². The van der Waals surface area contributed by atoms with Crippen LogP contribution >= 0.6 is 0 Å². The molecule has 20 heavy (non-hydrogen) atoms. The molecule has 6 nitrogen and oxygen atoms in total. The van der Waals surface area contributed by atoms with Crippen molar-refractivity contribution in [3.63, 3.8) is 0 Å². The predicted octanol–water partition coefficient (Wildman–Crippen LogP) is 1.81. The molecule has 0 saturated carbocycles. The quantitative estimate of drug-likeness (QED) is 0.899. The number of benzene rings is 1. The highest BCUT2D eigenvalue weighted by molar-refractivity contribution is 7.89. The molecule has 0 saturated heterocycles. The fourth-order valence-electron chi connectivity index (χ4n) is 1.94. The van der Waals surface area contributed by atoms with Crippen LogP contribution in [-0.4, -0.2) is 14.6 Å². The number of hydrogen-bond acceptors (Lipinski definition) is 4. The monoisotopic (exact) mass is 287 g/mol. The average Bonchev–Trinajstić information content (AvgIpc) is 3.08. The summed E-state index contributed by atoms with van der Waals surface area (Å²) in [5.41, 5.74) is 6.56. The van der Waals surface area contributed by atoms with E-state index < -0.39 is 10.0 Å². The highest BCUT2D eigenvalue weighted by Gasteiger charge is 2.12. The number of anilines is 1. The third-order valence-corrected chi connectivity index (χ3v) is 3.85. The lowest BCUT2D eigenvalue weighted by molar-refractivity contribution is 0.598. The molecule has 102 valence electrons. The summed E-state index contributed by atoms with van der Waals surface area (Å²) in [5.74, 6) is 0. The summed E-state index contributed by atoms with van der Waals surface area (Å²) in [4.78, 5) is 0.0660. The molecule has 1 aliphatic carbocycles. The van der Waals surface area contributed by atoms with E-state index in [0.29, 0.717) is 5.69 Å². The molecule has 0 aromatic heterocycles. The minimum atomic E-state index is -3.69. The van der Waals surface area contributed by atoms with Crippen molar-refractivity contribution in [1.29, 1.82) is 0 Å². The lowest BCUT2D eigenvalue weighted by Crippen LogP contribution is -2.15. The summed E-state index contributed by atoms with van der Waals surface area (Å²) < 4.78 is 22.5. The van der Waals surface area contributed by atoms with Gasteiger partial charge in [-0.3, -0.25) is 0 Å². The van der Waals surface area contributed by atoms with Gasteiger partial charge in [0, 0.05) is 11.9 Å². The van der Waals surface area contributed by atoms with Crippen LogP contribution in [0.25, 0.3) is 5.53 Å². The van der Waals surface area contributed by atoms with Gasteiger partial charge in [-0.1, -0.05) is 24.3 Å². The van der Waals surface area contributed by atoms with Crippen molar-refractivity contribution in [2.45, 2.75) is 4.90 Å². The standard InChI is InChI=1S/C13H11N4O2S/c14-20(18,19)12-7-5-11(6-8-12)17-13(9-15-16-17)10-3-1-2-4-10/h1-9H,(H2,14,18,19)/q-1. The van der Waals surface area contributed by atoms with E-state index in [-0.39, 0.29) is 4.90 Å². The minimum Gasteiger partial charge on any atom is -0.508 e. The van der Waals surface area contributed by atoms with Crippen LogP contribution in [0.4, 0.5) is 5.69 Å². The number of allylic oxidation sites excluding steroid dienone is 6. The van der Waals surface area contributed by atoms with Gasteiger partial charge in [-0.25, -0.2) is 13.6 Å². The molecule has 2 N–H and O–H groups in total. The van der Waals surface area contributed by atoms with Gasteiger partial charge in [0.15, 0.2) is 0 Å². The van der Waals surface area contributed by atoms with Crippen molar-refractivity contribution < 1.29 is 8.42 Å². The van der Waals surface area contributed by atoms with E-state index in [4.69, 9.17) is 5.14 Å². The SMILES string of the molecule is NS(=O)(=O)c1ccc(N2[N-]N=CC2=C2C=CC=C2)cc1. The number of nitrogens with two attached hydrogens (primary N) is 1. The molecule has 0 atom stereocenters. The van der Waals surface area contributed by atoms with Crippen LogP contribution in [0.5, 0.6) is 0 Å². The molecule has 0 amide bonds. The maximum Gasteiger partial charge on any atom is 0.238 e. The Morgan fingerprint density at radius 1 is 1.10 bits per heavy atom. The average molecular weight is 287 g/mol. The van der Waals surface area contributed by atoms with Crippen LogP contribution in [0.3, 0.4) is 0 Å². The number of sulfonamides is 1. The van der Waals surface area contributed by atoms with E-state index >= 15 is 0 Å². The smallest absolute Gasteiger partial charge is 0.238 e. The molecule has 1 aromatic carbocycles. The molecular weight excluding hydrogens is 276 g/mol. The molecule has 2 aliphatic rings. The first-order valence-corrected chi connectivity index (χ1v) is 7.36. The molecule has 0 spiro atoms. The largest absolute Gasteiger partial charge is 0.508 e. The van der Waals surface area contributed by atoms with Crippen LogP contribution in [0.15, 0.2) is 69.8 Å². The first kappa shape index (κ1) is 12.6. The first-order chi connectivity index (χ1) is 9.55. The highest BCUT2D eigenvalue weighted by Crippen LogP contribution is 2.30. The minimum absolute atomic E-state index is 0.0660. The second-order valence-electron chi connectivity index (χ2n) is 4.24. The fourth-order valence-corrected chi connectivity index (χ4v) is 2.46. The highest BCUT2D eigenvalue weighted by atomic mass is 32.2. The van der Waals surface area contributed by atoms with Gasteiger partial charge in [0.2, 0.25) is 10.0 Å². The lowest BCUT2D eigenvalue weighted by Gasteiger charge is -2.32. The summed E-state index contributed by atoms with van der Waals surface area (Å²) in [6, 6.07) is 6.17. The second-order valence-corrected chi connectivity index (χ2v) is 5.80. The molecule has 0 fully saturated rings. The normalized spacial score (nSPS) is 17.1. The van der Waals surface area contributed by atoms with Gasteiger partial charge in [-0.15, -0.1) is 0 Å². The fraction of sp³-hybridized carbons (Fsp3) is 0. The van der Waals surface area contributed by atoms with E-state index in [1.807, 2.05) is 24.3 Å². The number of hydrogen-bond donors (Lipinski definition) is 1. The Hall–Kier alpha value is -2.38. The third-order valence-electron chi connectivity index (χ3n) is 2.92. The van der Waals surface area contributed by atoms with E-state index in [2.05, 4.69) is 10.6 Å². The lowest BCUT2D eigenvalue weighted by atomic mass is 10.2. The second kappa shape index (κ2) is 4.62. The van der Waals surface area contributed by atoms with Gasteiger partial charge in [-0.05, 0) is 29.8 Å². The van der Waals surface area contributed by atoms with Crippen LogP contribution < -0.4 is 10.1 Å². The van der Waals surface area contributed by atoms with Crippen LogP contribution in [0, 0.1) is 0 Å². The van der Waals surface area contributed by atoms with Crippen molar-refractivity contribution in [3.8, 4) is 0 Å². The Kier molecular flexibility index (Phi) is 2.92. The summed E-state index contributed by atoms with van der Waals surface area (Å²) in [6.07, 6.45) is 9.41. The van der Waals surface area contributed by atoms with Gasteiger partial charge < -0.3 is 15.6 Å². The number of primary sulfonamides is 1. The topological polar surface area (TPSA) is 89.9 Å². The van der Waals surface area contributed by atoms with Crippen LogP contribution in [-0.2, 0) is 10.0 Å². The Labute approximate surface area is 116 Å². The third kappa shape index (κ3) is 2.24. The van der Waals surface area contributed by atoms with Gasteiger partial charge in [0.1, 0.15) is 0 Å². The molecule has 0 unspecified atom stereocenters. The zero-order valence-corrected chi connectivity index (χ0v) is 11.2. The first-order valence-electron chi connectivity index (χ1n) is 5.82. The van der Waals surface area contributed by atoms with Crippen molar-refractivity contribution >= 4 is 21.9 Å². The predicted molar refractivity (Wildman–Crippen MR) is 77.5 cm³/mol. The molecule has 1 aliphatic heterocycles. The molecule has 3 rings (SSSR count). The van der Waals surface area contributed by atoms with E-state index in [0.717, 1.165) is 11.3 Å². The Morgan fingerprint density at radius 3 is 2.35 bits per heavy atom. The van der Waals surface area contributed by atoms with Crippen molar-refractivity contribution in [2.75, 3.05) is 5.01 Å². The van der Waals surface area contributed by atoms with E-state index in [1.165, 1.54) is 12.1 Å². The Morgan fingerprint density at radius 2 is 1.75 bits per heavy atom. The van der Waals surface area contributed by atoms with Gasteiger partial charge in [-0.2, -0.15) is 0 Å². The molecule has 1 heterocycles. The Bertz CT molecular complexity index is 744. The molecule has 7 heteroatoms. The van der Waals surface area contributed by atoms with Crippen molar-refractivity contribution in [3.05, 3.63) is 65.4 Å². The summed E-state index contributed by atoms with van der Waals surface area (Å²) in [5, 5.41) is 10.6. The molecular formula is C13H11N4O2S-. The van der Waals surface area contributed by atoms with Gasteiger partial charge in [0.05, 0.1) is 10.6 Å². The van der Waals surface area contributed by atoms with E-state index in [1.54, 1.807) is 23.4 Å². The van der Waals surface area contributed by atoms with E-state index in [9.17, 15) is 8.42 Å². The molecule has 0 bridgehead atoms. The van der Waals surface area contributed by atoms with Crippen LogP contribution in [0.1, 0.15) is 0 Å². The number of rotatable bonds is 2. The number of nitrogens with zero attached hydrogens (tertiary/aromatic N) is 3. The Balaban J connectivity index is 1.96. The maximum atomic E-state index is 11.2. The summed E-state index contributed by atoms with van der Waals surface area (Å²) in [7, 11) is -3.69. The zero-order valence-electron chi connectivity index (χ0n) is 10.3.